The van der Waals surface area contributed by atoms with E-state index in [-0.39, 0.29) is 0 Å². The molecule has 0 spiro atoms. The van der Waals surface area contributed by atoms with Gasteiger partial charge in [0.25, 0.3) is 0 Å². The third-order valence-corrected chi connectivity index (χ3v) is 4.46. The average molecular weight is 275 g/mol. The first-order chi connectivity index (χ1) is 9.80. The van der Waals surface area contributed by atoms with Crippen molar-refractivity contribution in [2.75, 3.05) is 20.2 Å². The normalized spacial score (nSPS) is 18.1. The first kappa shape index (κ1) is 15.4. The van der Waals surface area contributed by atoms with Gasteiger partial charge >= 0.3 is 0 Å². The molecule has 0 fully saturated rings. The predicted molar refractivity (Wildman–Crippen MR) is 85.6 cm³/mol. The number of rotatable bonds is 7. The molecule has 0 N–H and O–H groups in total. The van der Waals surface area contributed by atoms with E-state index in [0.29, 0.717) is 6.04 Å². The molecule has 1 aromatic carbocycles. The Kier molecular flexibility index (Phi) is 5.90. The highest BCUT2D eigenvalue weighted by molar-refractivity contribution is 5.42. The van der Waals surface area contributed by atoms with Crippen molar-refractivity contribution in [2.24, 2.45) is 0 Å². The van der Waals surface area contributed by atoms with E-state index in [0.717, 1.165) is 12.2 Å². The molecule has 0 unspecified atom stereocenters. The summed E-state index contributed by atoms with van der Waals surface area (Å²) >= 11 is 0. The zero-order valence-electron chi connectivity index (χ0n) is 13.3. The minimum absolute atomic E-state index is 0.699. The van der Waals surface area contributed by atoms with Crippen molar-refractivity contribution in [2.45, 2.75) is 58.4 Å². The van der Waals surface area contributed by atoms with Crippen LogP contribution in [-0.4, -0.2) is 31.1 Å². The second kappa shape index (κ2) is 7.68. The summed E-state index contributed by atoms with van der Waals surface area (Å²) in [5.74, 6) is 1.08. The standard InChI is InChI=1S/C18H29NO/c1-4-6-13-19(12-5-2)16-11-10-15-8-7-9-18(20-3)17(15)14-16/h7-9,16H,4-6,10-14H2,1-3H3/t16-/m1/s1. The van der Waals surface area contributed by atoms with Crippen molar-refractivity contribution in [3.63, 3.8) is 0 Å². The topological polar surface area (TPSA) is 12.5 Å². The van der Waals surface area contributed by atoms with Gasteiger partial charge in [0, 0.05) is 6.04 Å². The van der Waals surface area contributed by atoms with Crippen molar-refractivity contribution in [1.82, 2.24) is 4.90 Å². The molecule has 0 saturated carbocycles. The summed E-state index contributed by atoms with van der Waals surface area (Å²) in [6.45, 7) is 7.05. The van der Waals surface area contributed by atoms with E-state index in [4.69, 9.17) is 4.74 Å². The molecule has 2 nitrogen and oxygen atoms in total. The van der Waals surface area contributed by atoms with Gasteiger partial charge in [-0.15, -0.1) is 0 Å². The van der Waals surface area contributed by atoms with Gasteiger partial charge < -0.3 is 9.64 Å². The summed E-state index contributed by atoms with van der Waals surface area (Å²) in [5, 5.41) is 0. The molecule has 1 atom stereocenters. The van der Waals surface area contributed by atoms with Crippen LogP contribution in [0.15, 0.2) is 18.2 Å². The molecular weight excluding hydrogens is 246 g/mol. The fourth-order valence-electron chi connectivity index (χ4n) is 3.37. The van der Waals surface area contributed by atoms with Crippen LogP contribution in [-0.2, 0) is 12.8 Å². The number of methoxy groups -OCH3 is 1. The molecule has 1 aliphatic carbocycles. The van der Waals surface area contributed by atoms with Crippen LogP contribution in [0.5, 0.6) is 5.75 Å². The molecule has 2 heteroatoms. The summed E-state index contributed by atoms with van der Waals surface area (Å²) < 4.78 is 5.56. The molecular formula is C18H29NO. The van der Waals surface area contributed by atoms with Gasteiger partial charge in [0.1, 0.15) is 5.75 Å². The highest BCUT2D eigenvalue weighted by Gasteiger charge is 2.25. The highest BCUT2D eigenvalue weighted by Crippen LogP contribution is 2.31. The third kappa shape index (κ3) is 3.54. The average Bonchev–Trinajstić information content (AvgIpc) is 2.50. The van der Waals surface area contributed by atoms with Gasteiger partial charge in [-0.05, 0) is 62.4 Å². The van der Waals surface area contributed by atoms with Gasteiger partial charge in [-0.3, -0.25) is 0 Å². The number of aryl methyl sites for hydroxylation is 1. The third-order valence-electron chi connectivity index (χ3n) is 4.46. The van der Waals surface area contributed by atoms with Crippen LogP contribution in [0.2, 0.25) is 0 Å². The Morgan fingerprint density at radius 1 is 1.20 bits per heavy atom. The zero-order valence-corrected chi connectivity index (χ0v) is 13.3. The van der Waals surface area contributed by atoms with Crippen LogP contribution in [0.4, 0.5) is 0 Å². The fraction of sp³-hybridized carbons (Fsp3) is 0.667. The predicted octanol–water partition coefficient (Wildman–Crippen LogP) is 4.06. The van der Waals surface area contributed by atoms with E-state index in [2.05, 4.69) is 36.9 Å². The fourth-order valence-corrected chi connectivity index (χ4v) is 3.37. The Balaban J connectivity index is 2.11. The van der Waals surface area contributed by atoms with Crippen molar-refractivity contribution < 1.29 is 4.74 Å². The lowest BCUT2D eigenvalue weighted by Crippen LogP contribution is -2.40. The number of hydrogen-bond donors (Lipinski definition) is 0. The molecule has 1 aromatic rings. The van der Waals surface area contributed by atoms with Gasteiger partial charge in [-0.1, -0.05) is 32.4 Å². The first-order valence-corrected chi connectivity index (χ1v) is 8.18. The molecule has 0 aliphatic heterocycles. The van der Waals surface area contributed by atoms with Gasteiger partial charge in [-0.25, -0.2) is 0 Å². The van der Waals surface area contributed by atoms with Crippen molar-refractivity contribution in [1.29, 1.82) is 0 Å². The smallest absolute Gasteiger partial charge is 0.122 e. The number of nitrogens with zero attached hydrogens (tertiary/aromatic N) is 1. The van der Waals surface area contributed by atoms with Gasteiger partial charge in [0.15, 0.2) is 0 Å². The van der Waals surface area contributed by atoms with Crippen molar-refractivity contribution >= 4 is 0 Å². The quantitative estimate of drug-likeness (QED) is 0.744. The Hall–Kier alpha value is -1.02. The van der Waals surface area contributed by atoms with E-state index in [1.165, 1.54) is 56.3 Å². The summed E-state index contributed by atoms with van der Waals surface area (Å²) in [6.07, 6.45) is 7.50. The Morgan fingerprint density at radius 3 is 2.75 bits per heavy atom. The van der Waals surface area contributed by atoms with Crippen LogP contribution in [0.3, 0.4) is 0 Å². The summed E-state index contributed by atoms with van der Waals surface area (Å²) in [4.78, 5) is 2.71. The lowest BCUT2D eigenvalue weighted by atomic mass is 9.86. The summed E-state index contributed by atoms with van der Waals surface area (Å²) in [6, 6.07) is 7.20. The highest BCUT2D eigenvalue weighted by atomic mass is 16.5. The second-order valence-electron chi connectivity index (χ2n) is 5.88. The largest absolute Gasteiger partial charge is 0.496 e. The summed E-state index contributed by atoms with van der Waals surface area (Å²) in [7, 11) is 1.79. The van der Waals surface area contributed by atoms with Crippen molar-refractivity contribution in [3.8, 4) is 5.75 Å². The number of benzene rings is 1. The Labute approximate surface area is 124 Å². The SMILES string of the molecule is CCCCN(CCC)[C@@H]1CCc2cccc(OC)c2C1. The molecule has 20 heavy (non-hydrogen) atoms. The maximum atomic E-state index is 5.56. The molecule has 0 radical (unpaired) electrons. The van der Waals surface area contributed by atoms with Gasteiger partial charge in [0.2, 0.25) is 0 Å². The number of fused-ring (bicyclic) bond motifs is 1. The lowest BCUT2D eigenvalue weighted by Gasteiger charge is -2.35. The van der Waals surface area contributed by atoms with E-state index in [9.17, 15) is 0 Å². The molecule has 0 heterocycles. The molecule has 1 aliphatic rings. The molecule has 0 amide bonds. The molecule has 112 valence electrons. The van der Waals surface area contributed by atoms with Crippen LogP contribution in [0.1, 0.15) is 50.7 Å². The first-order valence-electron chi connectivity index (χ1n) is 8.18. The van der Waals surface area contributed by atoms with E-state index < -0.39 is 0 Å². The van der Waals surface area contributed by atoms with Gasteiger partial charge in [-0.2, -0.15) is 0 Å². The maximum absolute atomic E-state index is 5.56. The Morgan fingerprint density at radius 2 is 2.05 bits per heavy atom. The number of ether oxygens (including phenoxy) is 1. The second-order valence-corrected chi connectivity index (χ2v) is 5.88. The molecule has 0 aromatic heterocycles. The minimum atomic E-state index is 0.699. The number of unbranched alkanes of at least 4 members (excludes halogenated alkanes) is 1. The molecule has 0 bridgehead atoms. The van der Waals surface area contributed by atoms with Crippen LogP contribution >= 0.6 is 0 Å². The Bertz CT molecular complexity index is 402. The zero-order chi connectivity index (χ0) is 14.4. The lowest BCUT2D eigenvalue weighted by molar-refractivity contribution is 0.176. The monoisotopic (exact) mass is 275 g/mol. The number of hydrogen-bond acceptors (Lipinski definition) is 2. The van der Waals surface area contributed by atoms with E-state index in [1.807, 2.05) is 0 Å². The van der Waals surface area contributed by atoms with Crippen LogP contribution in [0, 0.1) is 0 Å². The van der Waals surface area contributed by atoms with Gasteiger partial charge in [0.05, 0.1) is 7.11 Å². The molecule has 0 saturated heterocycles. The summed E-state index contributed by atoms with van der Waals surface area (Å²) in [5.41, 5.74) is 2.94. The van der Waals surface area contributed by atoms with Crippen molar-refractivity contribution in [3.05, 3.63) is 29.3 Å². The minimum Gasteiger partial charge on any atom is -0.496 e. The molecule has 2 rings (SSSR count). The van der Waals surface area contributed by atoms with Crippen LogP contribution < -0.4 is 4.74 Å². The maximum Gasteiger partial charge on any atom is 0.122 e. The van der Waals surface area contributed by atoms with E-state index >= 15 is 0 Å². The van der Waals surface area contributed by atoms with Crippen LogP contribution in [0.25, 0.3) is 0 Å². The van der Waals surface area contributed by atoms with E-state index in [1.54, 1.807) is 7.11 Å².